The zero-order chi connectivity index (χ0) is 10.8. The van der Waals surface area contributed by atoms with E-state index >= 15 is 0 Å². The van der Waals surface area contributed by atoms with Crippen molar-refractivity contribution < 1.29 is 18.7 Å². The van der Waals surface area contributed by atoms with Gasteiger partial charge in [-0.1, -0.05) is 0 Å². The summed E-state index contributed by atoms with van der Waals surface area (Å²) in [5, 5.41) is 8.69. The molecule has 0 aliphatic heterocycles. The van der Waals surface area contributed by atoms with Gasteiger partial charge in [-0.05, 0) is 25.1 Å². The summed E-state index contributed by atoms with van der Waals surface area (Å²) in [6.45, 7) is 1.82. The first-order valence-electron chi connectivity index (χ1n) is 4.52. The molecule has 78 valence electrons. The van der Waals surface area contributed by atoms with Gasteiger partial charge in [-0.3, -0.25) is 4.79 Å². The van der Waals surface area contributed by atoms with Crippen LogP contribution in [0, 0.1) is 6.92 Å². The van der Waals surface area contributed by atoms with E-state index in [2.05, 4.69) is 0 Å². The Kier molecular flexibility index (Phi) is 2.33. The maximum Gasteiger partial charge on any atom is 0.307 e. The number of carbonyl (C=O) groups is 1. The van der Waals surface area contributed by atoms with Crippen molar-refractivity contribution >= 4 is 5.97 Å². The standard InChI is InChI=1S/C11H10O4/c1-7-2-3-9(15-7)11-8(4-5-14-11)6-10(12)13/h2-5H,6H2,1H3,(H,12,13). The van der Waals surface area contributed by atoms with Crippen LogP contribution < -0.4 is 0 Å². The van der Waals surface area contributed by atoms with E-state index < -0.39 is 5.97 Å². The monoisotopic (exact) mass is 206 g/mol. The van der Waals surface area contributed by atoms with Crippen LogP contribution in [0.25, 0.3) is 11.5 Å². The second kappa shape index (κ2) is 3.65. The van der Waals surface area contributed by atoms with E-state index in [1.807, 2.05) is 13.0 Å². The number of hydrogen-bond donors (Lipinski definition) is 1. The molecule has 0 spiro atoms. The van der Waals surface area contributed by atoms with Gasteiger partial charge >= 0.3 is 5.97 Å². The minimum Gasteiger partial charge on any atom is -0.481 e. The summed E-state index contributed by atoms with van der Waals surface area (Å²) in [6, 6.07) is 5.21. The van der Waals surface area contributed by atoms with Crippen LogP contribution in [0.4, 0.5) is 0 Å². The lowest BCUT2D eigenvalue weighted by Gasteiger charge is -1.95. The molecular formula is C11H10O4. The molecule has 0 radical (unpaired) electrons. The van der Waals surface area contributed by atoms with E-state index in [-0.39, 0.29) is 6.42 Å². The van der Waals surface area contributed by atoms with Gasteiger partial charge in [-0.15, -0.1) is 0 Å². The highest BCUT2D eigenvalue weighted by Gasteiger charge is 2.14. The lowest BCUT2D eigenvalue weighted by Crippen LogP contribution is -1.99. The number of furan rings is 2. The minimum absolute atomic E-state index is 0.0639. The molecular weight excluding hydrogens is 196 g/mol. The molecule has 2 aromatic rings. The molecule has 2 aromatic heterocycles. The maximum absolute atomic E-state index is 10.6. The summed E-state index contributed by atoms with van der Waals surface area (Å²) < 4.78 is 10.6. The summed E-state index contributed by atoms with van der Waals surface area (Å²) in [5.41, 5.74) is 0.622. The third kappa shape index (κ3) is 1.93. The normalized spacial score (nSPS) is 10.5. The van der Waals surface area contributed by atoms with Crippen molar-refractivity contribution in [2.75, 3.05) is 0 Å². The van der Waals surface area contributed by atoms with E-state index in [0.29, 0.717) is 17.1 Å². The molecule has 0 aromatic carbocycles. The van der Waals surface area contributed by atoms with Gasteiger partial charge in [0, 0.05) is 5.56 Å². The van der Waals surface area contributed by atoms with E-state index in [1.54, 1.807) is 12.1 Å². The van der Waals surface area contributed by atoms with Crippen molar-refractivity contribution in [3.05, 3.63) is 35.8 Å². The molecule has 4 heteroatoms. The molecule has 4 nitrogen and oxygen atoms in total. The van der Waals surface area contributed by atoms with Crippen LogP contribution in [0.3, 0.4) is 0 Å². The topological polar surface area (TPSA) is 63.6 Å². The third-order valence-electron chi connectivity index (χ3n) is 2.05. The van der Waals surface area contributed by atoms with Crippen LogP contribution in [0.2, 0.25) is 0 Å². The second-order valence-corrected chi connectivity index (χ2v) is 3.26. The van der Waals surface area contributed by atoms with E-state index in [4.69, 9.17) is 13.9 Å². The number of aryl methyl sites for hydroxylation is 1. The molecule has 0 amide bonds. The highest BCUT2D eigenvalue weighted by atomic mass is 16.4. The first-order chi connectivity index (χ1) is 7.16. The lowest BCUT2D eigenvalue weighted by molar-refractivity contribution is -0.136. The van der Waals surface area contributed by atoms with Crippen LogP contribution in [0.15, 0.2) is 33.3 Å². The average molecular weight is 206 g/mol. The van der Waals surface area contributed by atoms with Crippen LogP contribution in [-0.4, -0.2) is 11.1 Å². The van der Waals surface area contributed by atoms with Gasteiger partial charge in [-0.2, -0.15) is 0 Å². The molecule has 0 fully saturated rings. The van der Waals surface area contributed by atoms with Gasteiger partial charge in [0.15, 0.2) is 11.5 Å². The highest BCUT2D eigenvalue weighted by molar-refractivity contribution is 5.73. The van der Waals surface area contributed by atoms with E-state index in [1.165, 1.54) is 6.26 Å². The van der Waals surface area contributed by atoms with Gasteiger partial charge in [0.2, 0.25) is 0 Å². The van der Waals surface area contributed by atoms with Crippen molar-refractivity contribution in [3.63, 3.8) is 0 Å². The molecule has 2 heterocycles. The van der Waals surface area contributed by atoms with Gasteiger partial charge in [0.25, 0.3) is 0 Å². The molecule has 0 aliphatic rings. The largest absolute Gasteiger partial charge is 0.481 e. The molecule has 0 saturated heterocycles. The summed E-state index contributed by atoms with van der Waals surface area (Å²) in [5.74, 6) is 0.933. The summed E-state index contributed by atoms with van der Waals surface area (Å²) in [4.78, 5) is 10.6. The Labute approximate surface area is 86.1 Å². The number of rotatable bonds is 3. The Bertz CT molecular complexity index is 478. The quantitative estimate of drug-likeness (QED) is 0.837. The summed E-state index contributed by atoms with van der Waals surface area (Å²) in [7, 11) is 0. The predicted molar refractivity (Wildman–Crippen MR) is 52.5 cm³/mol. The van der Waals surface area contributed by atoms with Crippen molar-refractivity contribution in [2.24, 2.45) is 0 Å². The summed E-state index contributed by atoms with van der Waals surface area (Å²) >= 11 is 0. The number of carboxylic acid groups (broad SMARTS) is 1. The number of hydrogen-bond acceptors (Lipinski definition) is 3. The SMILES string of the molecule is Cc1ccc(-c2occc2CC(=O)O)o1. The predicted octanol–water partition coefficient (Wildman–Crippen LogP) is 2.48. The Balaban J connectivity index is 2.36. The van der Waals surface area contributed by atoms with Crippen LogP contribution in [-0.2, 0) is 11.2 Å². The second-order valence-electron chi connectivity index (χ2n) is 3.26. The molecule has 0 aliphatic carbocycles. The molecule has 0 unspecified atom stereocenters. The van der Waals surface area contributed by atoms with Crippen LogP contribution in [0.1, 0.15) is 11.3 Å². The fraction of sp³-hybridized carbons (Fsp3) is 0.182. The zero-order valence-electron chi connectivity index (χ0n) is 8.19. The first-order valence-corrected chi connectivity index (χ1v) is 4.52. The molecule has 1 N–H and O–H groups in total. The Morgan fingerprint density at radius 3 is 2.80 bits per heavy atom. The van der Waals surface area contributed by atoms with Gasteiger partial charge in [0.05, 0.1) is 12.7 Å². The zero-order valence-corrected chi connectivity index (χ0v) is 8.19. The maximum atomic E-state index is 10.6. The Morgan fingerprint density at radius 2 is 2.20 bits per heavy atom. The first kappa shape index (κ1) is 9.58. The fourth-order valence-corrected chi connectivity index (χ4v) is 1.41. The minimum atomic E-state index is -0.888. The molecule has 15 heavy (non-hydrogen) atoms. The van der Waals surface area contributed by atoms with Crippen molar-refractivity contribution in [1.29, 1.82) is 0 Å². The van der Waals surface area contributed by atoms with Crippen molar-refractivity contribution in [3.8, 4) is 11.5 Å². The summed E-state index contributed by atoms with van der Waals surface area (Å²) in [6.07, 6.45) is 1.40. The molecule has 0 bridgehead atoms. The van der Waals surface area contributed by atoms with Crippen molar-refractivity contribution in [2.45, 2.75) is 13.3 Å². The van der Waals surface area contributed by atoms with E-state index in [0.717, 1.165) is 5.76 Å². The highest BCUT2D eigenvalue weighted by Crippen LogP contribution is 2.26. The molecule has 2 rings (SSSR count). The van der Waals surface area contributed by atoms with Crippen LogP contribution in [0.5, 0.6) is 0 Å². The smallest absolute Gasteiger partial charge is 0.307 e. The Hall–Kier alpha value is -1.97. The number of aliphatic carboxylic acids is 1. The Morgan fingerprint density at radius 1 is 1.40 bits per heavy atom. The molecule has 0 saturated carbocycles. The van der Waals surface area contributed by atoms with Crippen molar-refractivity contribution in [1.82, 2.24) is 0 Å². The molecule has 0 atom stereocenters. The van der Waals surface area contributed by atoms with E-state index in [9.17, 15) is 4.79 Å². The number of carboxylic acids is 1. The van der Waals surface area contributed by atoms with Gasteiger partial charge in [-0.25, -0.2) is 0 Å². The van der Waals surface area contributed by atoms with Gasteiger partial charge < -0.3 is 13.9 Å². The van der Waals surface area contributed by atoms with Gasteiger partial charge in [0.1, 0.15) is 5.76 Å². The fourth-order valence-electron chi connectivity index (χ4n) is 1.41. The van der Waals surface area contributed by atoms with Crippen LogP contribution >= 0.6 is 0 Å². The average Bonchev–Trinajstić information content (AvgIpc) is 2.72. The lowest BCUT2D eigenvalue weighted by atomic mass is 10.1. The third-order valence-corrected chi connectivity index (χ3v) is 2.05.